The number of halogens is 1. The van der Waals surface area contributed by atoms with Gasteiger partial charge in [-0.05, 0) is 18.4 Å². The Morgan fingerprint density at radius 2 is 1.96 bits per heavy atom. The van der Waals surface area contributed by atoms with Crippen LogP contribution in [0.25, 0.3) is 0 Å². The van der Waals surface area contributed by atoms with Crippen molar-refractivity contribution < 1.29 is 19.4 Å². The minimum absolute atomic E-state index is 0. The number of hydrogen-bond donors (Lipinski definition) is 2. The molecule has 0 unspecified atom stereocenters. The van der Waals surface area contributed by atoms with Crippen molar-refractivity contribution in [3.63, 3.8) is 0 Å². The van der Waals surface area contributed by atoms with Crippen molar-refractivity contribution in [1.29, 1.82) is 0 Å². The molecule has 7 nitrogen and oxygen atoms in total. The van der Waals surface area contributed by atoms with Gasteiger partial charge in [0.25, 0.3) is 0 Å². The van der Waals surface area contributed by atoms with Crippen molar-refractivity contribution in [3.05, 3.63) is 35.9 Å². The van der Waals surface area contributed by atoms with Crippen LogP contribution in [0.4, 0.5) is 4.79 Å². The molecule has 3 heterocycles. The number of amides is 2. The molecule has 0 aromatic heterocycles. The molecule has 2 N–H and O–H groups in total. The maximum Gasteiger partial charge on any atom is 0.410 e. The summed E-state index contributed by atoms with van der Waals surface area (Å²) in [6, 6.07) is 9.83. The Labute approximate surface area is 171 Å². The highest BCUT2D eigenvalue weighted by molar-refractivity contribution is 5.85. The highest BCUT2D eigenvalue weighted by atomic mass is 35.5. The molecule has 3 fully saturated rings. The van der Waals surface area contributed by atoms with Crippen molar-refractivity contribution in [2.45, 2.75) is 43.4 Å². The van der Waals surface area contributed by atoms with Gasteiger partial charge in [-0.15, -0.1) is 12.4 Å². The Balaban J connectivity index is 0.00000225. The highest BCUT2D eigenvalue weighted by Crippen LogP contribution is 2.33. The molecule has 28 heavy (non-hydrogen) atoms. The number of carbonyl (C=O) groups is 2. The number of piperidine rings is 1. The molecule has 0 saturated carbocycles. The van der Waals surface area contributed by atoms with E-state index in [4.69, 9.17) is 4.74 Å². The summed E-state index contributed by atoms with van der Waals surface area (Å²) in [5, 5.41) is 12.7. The summed E-state index contributed by atoms with van der Waals surface area (Å²) in [6.45, 7) is 2.90. The first kappa shape index (κ1) is 20.9. The summed E-state index contributed by atoms with van der Waals surface area (Å²) in [4.78, 5) is 28.5. The van der Waals surface area contributed by atoms with Gasteiger partial charge in [0.05, 0.1) is 18.7 Å². The van der Waals surface area contributed by atoms with E-state index in [2.05, 4.69) is 17.4 Å². The fraction of sp³-hybridized carbons (Fsp3) is 0.600. The molecular weight excluding hydrogens is 382 g/mol. The summed E-state index contributed by atoms with van der Waals surface area (Å²) in [5.41, 5.74) is 0.741. The fourth-order valence-electron chi connectivity index (χ4n) is 4.29. The Morgan fingerprint density at radius 1 is 1.25 bits per heavy atom. The third-order valence-corrected chi connectivity index (χ3v) is 5.95. The largest absolute Gasteiger partial charge is 0.441 e. The van der Waals surface area contributed by atoms with Gasteiger partial charge in [-0.2, -0.15) is 0 Å². The predicted octanol–water partition coefficient (Wildman–Crippen LogP) is 1.19. The van der Waals surface area contributed by atoms with Crippen LogP contribution >= 0.6 is 12.4 Å². The molecule has 154 valence electrons. The van der Waals surface area contributed by atoms with Crippen LogP contribution in [0.3, 0.4) is 0 Å². The fourth-order valence-corrected chi connectivity index (χ4v) is 4.29. The molecule has 0 radical (unpaired) electrons. The third-order valence-electron chi connectivity index (χ3n) is 5.95. The first-order valence-corrected chi connectivity index (χ1v) is 9.77. The number of nitrogens with zero attached hydrogens (tertiary/aromatic N) is 2. The normalized spacial score (nSPS) is 26.2. The first-order chi connectivity index (χ1) is 13.0. The average molecular weight is 410 g/mol. The van der Waals surface area contributed by atoms with E-state index in [9.17, 15) is 14.7 Å². The summed E-state index contributed by atoms with van der Waals surface area (Å²) in [7, 11) is 0. The standard InChI is InChI=1S/C20H27N3O4.ClH/c24-16-12-17(21-13-16)18(25)22-10-7-20(8-11-22)14-23(19(26)27-20)9-6-15-4-2-1-3-5-15;/h1-5,16-17,21,24H,6-14H2;1H/t16-,17+;/m1./s1. The number of aliphatic hydroxyl groups is 1. The third kappa shape index (κ3) is 4.42. The van der Waals surface area contributed by atoms with Crippen LogP contribution < -0.4 is 5.32 Å². The van der Waals surface area contributed by atoms with E-state index in [0.29, 0.717) is 52.0 Å². The second kappa shape index (κ2) is 8.68. The quantitative estimate of drug-likeness (QED) is 0.780. The lowest BCUT2D eigenvalue weighted by molar-refractivity contribution is -0.136. The number of carbonyl (C=O) groups excluding carboxylic acids is 2. The van der Waals surface area contributed by atoms with E-state index in [-0.39, 0.29) is 30.4 Å². The number of nitrogens with one attached hydrogen (secondary N) is 1. The van der Waals surface area contributed by atoms with E-state index < -0.39 is 11.7 Å². The topological polar surface area (TPSA) is 82.1 Å². The lowest BCUT2D eigenvalue weighted by Crippen LogP contribution is -2.52. The summed E-state index contributed by atoms with van der Waals surface area (Å²) < 4.78 is 5.75. The van der Waals surface area contributed by atoms with Gasteiger partial charge in [0, 0.05) is 39.0 Å². The summed E-state index contributed by atoms with van der Waals surface area (Å²) in [5.74, 6) is 0.0478. The molecule has 1 aromatic rings. The molecule has 0 aliphatic carbocycles. The number of likely N-dealkylation sites (tertiary alicyclic amines) is 1. The van der Waals surface area contributed by atoms with E-state index in [0.717, 1.165) is 6.42 Å². The molecule has 0 bridgehead atoms. The minimum atomic E-state index is -0.465. The first-order valence-electron chi connectivity index (χ1n) is 9.77. The monoisotopic (exact) mass is 409 g/mol. The Bertz CT molecular complexity index is 694. The van der Waals surface area contributed by atoms with Crippen LogP contribution in [0.1, 0.15) is 24.8 Å². The lowest BCUT2D eigenvalue weighted by atomic mass is 9.91. The van der Waals surface area contributed by atoms with Crippen LogP contribution in [-0.2, 0) is 16.0 Å². The van der Waals surface area contributed by atoms with E-state index in [1.165, 1.54) is 5.56 Å². The van der Waals surface area contributed by atoms with Crippen LogP contribution in [0, 0.1) is 0 Å². The van der Waals surface area contributed by atoms with E-state index >= 15 is 0 Å². The highest BCUT2D eigenvalue weighted by Gasteiger charge is 2.47. The van der Waals surface area contributed by atoms with E-state index in [1.807, 2.05) is 23.1 Å². The SMILES string of the molecule is Cl.O=C1OC2(CCN(C(=O)[C@@H]3C[C@@H](O)CN3)CC2)CN1CCc1ccccc1. The van der Waals surface area contributed by atoms with Crippen LogP contribution in [0.2, 0.25) is 0 Å². The molecule has 3 aliphatic heterocycles. The number of hydrogen-bond acceptors (Lipinski definition) is 5. The van der Waals surface area contributed by atoms with Crippen molar-refractivity contribution >= 4 is 24.4 Å². The van der Waals surface area contributed by atoms with Gasteiger partial charge in [-0.1, -0.05) is 30.3 Å². The number of aliphatic hydroxyl groups excluding tert-OH is 1. The maximum atomic E-state index is 12.6. The van der Waals surface area contributed by atoms with Crippen LogP contribution in [0.15, 0.2) is 30.3 Å². The average Bonchev–Trinajstić information content (AvgIpc) is 3.24. The van der Waals surface area contributed by atoms with Crippen LogP contribution in [-0.4, -0.2) is 77.4 Å². The predicted molar refractivity (Wildman–Crippen MR) is 106 cm³/mol. The molecule has 3 aliphatic rings. The van der Waals surface area contributed by atoms with Crippen molar-refractivity contribution in [2.75, 3.05) is 32.7 Å². The summed E-state index contributed by atoms with van der Waals surface area (Å²) >= 11 is 0. The van der Waals surface area contributed by atoms with Crippen molar-refractivity contribution in [1.82, 2.24) is 15.1 Å². The smallest absolute Gasteiger partial charge is 0.410 e. The zero-order chi connectivity index (χ0) is 18.9. The molecule has 8 heteroatoms. The number of benzene rings is 1. The van der Waals surface area contributed by atoms with Gasteiger partial charge < -0.3 is 25.0 Å². The van der Waals surface area contributed by atoms with Gasteiger partial charge >= 0.3 is 6.09 Å². The molecule has 1 spiro atoms. The van der Waals surface area contributed by atoms with Crippen LogP contribution in [0.5, 0.6) is 0 Å². The molecule has 2 atom stereocenters. The molecule has 3 saturated heterocycles. The summed E-state index contributed by atoms with van der Waals surface area (Å²) in [6.07, 6.45) is 1.94. The Morgan fingerprint density at radius 3 is 2.61 bits per heavy atom. The Hall–Kier alpha value is -1.83. The Kier molecular flexibility index (Phi) is 6.47. The van der Waals surface area contributed by atoms with Gasteiger partial charge in [0.15, 0.2) is 0 Å². The lowest BCUT2D eigenvalue weighted by Gasteiger charge is -2.38. The second-order valence-corrected chi connectivity index (χ2v) is 7.88. The molecule has 1 aromatic carbocycles. The number of ether oxygens (including phenoxy) is 1. The molecule has 4 rings (SSSR count). The van der Waals surface area contributed by atoms with Crippen molar-refractivity contribution in [2.24, 2.45) is 0 Å². The van der Waals surface area contributed by atoms with Gasteiger partial charge in [-0.25, -0.2) is 4.79 Å². The van der Waals surface area contributed by atoms with Gasteiger partial charge in [0.1, 0.15) is 5.60 Å². The number of β-amino-alcohol motifs (C(OH)–C–C–N with tert-alkyl or cyclic N) is 1. The maximum absolute atomic E-state index is 12.6. The molecule has 2 amide bonds. The zero-order valence-corrected chi connectivity index (χ0v) is 16.7. The minimum Gasteiger partial charge on any atom is -0.441 e. The van der Waals surface area contributed by atoms with Gasteiger partial charge in [-0.3, -0.25) is 4.79 Å². The molecular formula is C20H28ClN3O4. The zero-order valence-electron chi connectivity index (χ0n) is 15.9. The number of rotatable bonds is 4. The van der Waals surface area contributed by atoms with Gasteiger partial charge in [0.2, 0.25) is 5.91 Å². The second-order valence-electron chi connectivity index (χ2n) is 7.88. The van der Waals surface area contributed by atoms with E-state index in [1.54, 1.807) is 4.90 Å². The van der Waals surface area contributed by atoms with Crippen molar-refractivity contribution in [3.8, 4) is 0 Å².